The van der Waals surface area contributed by atoms with Gasteiger partial charge in [-0.25, -0.2) is 4.39 Å². The van der Waals surface area contributed by atoms with Crippen molar-refractivity contribution in [2.75, 3.05) is 20.6 Å². The van der Waals surface area contributed by atoms with Gasteiger partial charge in [-0.05, 0) is 31.8 Å². The van der Waals surface area contributed by atoms with E-state index in [9.17, 15) is 14.0 Å². The number of nitrogens with zero attached hydrogens (tertiary/aromatic N) is 1. The van der Waals surface area contributed by atoms with Crippen molar-refractivity contribution in [1.29, 1.82) is 0 Å². The monoisotopic (exact) mass is 342 g/mol. The number of carbonyl (C=O) groups is 2. The quantitative estimate of drug-likeness (QED) is 0.750. The van der Waals surface area contributed by atoms with Crippen LogP contribution in [-0.2, 0) is 4.79 Å². The molecule has 2 aromatic carbocycles. The molecule has 0 aliphatic carbocycles. The first-order chi connectivity index (χ1) is 12.0. The average molecular weight is 342 g/mol. The molecule has 4 nitrogen and oxygen atoms in total. The van der Waals surface area contributed by atoms with Crippen LogP contribution in [0.3, 0.4) is 0 Å². The summed E-state index contributed by atoms with van der Waals surface area (Å²) in [6, 6.07) is 15.8. The Morgan fingerprint density at radius 2 is 1.64 bits per heavy atom. The number of halogens is 1. The van der Waals surface area contributed by atoms with Crippen LogP contribution < -0.4 is 5.32 Å². The van der Waals surface area contributed by atoms with E-state index in [4.69, 9.17) is 0 Å². The van der Waals surface area contributed by atoms with Gasteiger partial charge in [0.25, 0.3) is 0 Å². The highest BCUT2D eigenvalue weighted by molar-refractivity contribution is 5.98. The summed E-state index contributed by atoms with van der Waals surface area (Å²) in [5, 5.41) is 2.86. The standard InChI is InChI=1S/C20H23FN2O2/c1-23(2)18(15-8-4-3-5-9-15)14-22-20(25)13-12-19(24)16-10-6-7-11-17(16)21/h3-11,18H,12-14H2,1-2H3,(H,22,25). The normalized spacial score (nSPS) is 12.0. The predicted octanol–water partition coefficient (Wildman–Crippen LogP) is 3.21. The summed E-state index contributed by atoms with van der Waals surface area (Å²) in [7, 11) is 3.90. The topological polar surface area (TPSA) is 49.4 Å². The molecule has 2 aromatic rings. The van der Waals surface area contributed by atoms with Crippen molar-refractivity contribution in [1.82, 2.24) is 10.2 Å². The van der Waals surface area contributed by atoms with Crippen LogP contribution in [0.1, 0.15) is 34.8 Å². The van der Waals surface area contributed by atoms with Gasteiger partial charge in [-0.2, -0.15) is 0 Å². The zero-order valence-electron chi connectivity index (χ0n) is 14.5. The molecule has 1 atom stereocenters. The number of likely N-dealkylation sites (N-methyl/N-ethyl adjacent to an activating group) is 1. The molecule has 25 heavy (non-hydrogen) atoms. The molecule has 0 heterocycles. The number of rotatable bonds is 8. The molecule has 132 valence electrons. The number of Topliss-reactive ketones (excluding diaryl/α,β-unsaturated/α-hetero) is 1. The van der Waals surface area contributed by atoms with Crippen molar-refractivity contribution in [3.63, 3.8) is 0 Å². The molecule has 5 heteroatoms. The van der Waals surface area contributed by atoms with Crippen molar-refractivity contribution in [3.05, 3.63) is 71.5 Å². The fraction of sp³-hybridized carbons (Fsp3) is 0.300. The lowest BCUT2D eigenvalue weighted by molar-refractivity contribution is -0.121. The Morgan fingerprint density at radius 3 is 2.28 bits per heavy atom. The van der Waals surface area contributed by atoms with Crippen molar-refractivity contribution in [2.45, 2.75) is 18.9 Å². The van der Waals surface area contributed by atoms with Gasteiger partial charge >= 0.3 is 0 Å². The van der Waals surface area contributed by atoms with Gasteiger partial charge in [0.05, 0.1) is 11.6 Å². The van der Waals surface area contributed by atoms with Crippen LogP contribution in [0, 0.1) is 5.82 Å². The molecular formula is C20H23FN2O2. The Labute approximate surface area is 147 Å². The molecule has 2 rings (SSSR count). The van der Waals surface area contributed by atoms with Crippen molar-refractivity contribution >= 4 is 11.7 Å². The summed E-state index contributed by atoms with van der Waals surface area (Å²) in [5.41, 5.74) is 1.14. The average Bonchev–Trinajstić information content (AvgIpc) is 2.61. The maximum absolute atomic E-state index is 13.6. The van der Waals surface area contributed by atoms with Gasteiger partial charge in [0, 0.05) is 19.4 Å². The van der Waals surface area contributed by atoms with Crippen LogP contribution in [0.4, 0.5) is 4.39 Å². The molecule has 1 unspecified atom stereocenters. The van der Waals surface area contributed by atoms with Crippen LogP contribution in [-0.4, -0.2) is 37.2 Å². The van der Waals surface area contributed by atoms with E-state index >= 15 is 0 Å². The Hall–Kier alpha value is -2.53. The molecule has 0 saturated carbocycles. The Morgan fingerprint density at radius 1 is 1.00 bits per heavy atom. The van der Waals surface area contributed by atoms with Crippen LogP contribution >= 0.6 is 0 Å². The summed E-state index contributed by atoms with van der Waals surface area (Å²) in [6.45, 7) is 0.448. The predicted molar refractivity (Wildman–Crippen MR) is 95.8 cm³/mol. The van der Waals surface area contributed by atoms with Crippen molar-refractivity contribution in [3.8, 4) is 0 Å². The Bertz CT molecular complexity index is 717. The van der Waals surface area contributed by atoms with E-state index in [1.54, 1.807) is 6.07 Å². The molecular weight excluding hydrogens is 319 g/mol. The molecule has 0 fully saturated rings. The zero-order chi connectivity index (χ0) is 18.2. The highest BCUT2D eigenvalue weighted by Gasteiger charge is 2.16. The molecule has 0 spiro atoms. The maximum atomic E-state index is 13.6. The molecule has 0 bridgehead atoms. The number of nitrogens with one attached hydrogen (secondary N) is 1. The van der Waals surface area contributed by atoms with E-state index in [2.05, 4.69) is 5.32 Å². The fourth-order valence-electron chi connectivity index (χ4n) is 2.62. The van der Waals surface area contributed by atoms with E-state index in [-0.39, 0.29) is 36.1 Å². The third-order valence-electron chi connectivity index (χ3n) is 4.05. The third kappa shape index (κ3) is 5.50. The van der Waals surface area contributed by atoms with Crippen LogP contribution in [0.15, 0.2) is 54.6 Å². The summed E-state index contributed by atoms with van der Waals surface area (Å²) in [5.74, 6) is -1.13. The SMILES string of the molecule is CN(C)C(CNC(=O)CCC(=O)c1ccccc1F)c1ccccc1. The highest BCUT2D eigenvalue weighted by atomic mass is 19.1. The van der Waals surface area contributed by atoms with Crippen LogP contribution in [0.2, 0.25) is 0 Å². The zero-order valence-corrected chi connectivity index (χ0v) is 14.5. The minimum absolute atomic E-state index is 0.00919. The highest BCUT2D eigenvalue weighted by Crippen LogP contribution is 2.17. The first-order valence-electron chi connectivity index (χ1n) is 8.25. The third-order valence-corrected chi connectivity index (χ3v) is 4.05. The van der Waals surface area contributed by atoms with Gasteiger partial charge in [-0.3, -0.25) is 9.59 Å². The van der Waals surface area contributed by atoms with Gasteiger partial charge in [0.2, 0.25) is 5.91 Å². The van der Waals surface area contributed by atoms with Crippen molar-refractivity contribution < 1.29 is 14.0 Å². The number of hydrogen-bond acceptors (Lipinski definition) is 3. The summed E-state index contributed by atoms with van der Waals surface area (Å²) < 4.78 is 13.6. The van der Waals surface area contributed by atoms with Gasteiger partial charge in [-0.15, -0.1) is 0 Å². The van der Waals surface area contributed by atoms with Gasteiger partial charge in [0.15, 0.2) is 5.78 Å². The lowest BCUT2D eigenvalue weighted by atomic mass is 10.0. The summed E-state index contributed by atoms with van der Waals surface area (Å²) in [4.78, 5) is 26.1. The van der Waals surface area contributed by atoms with E-state index in [1.807, 2.05) is 49.3 Å². The number of carbonyl (C=O) groups excluding carboxylic acids is 2. The molecule has 1 N–H and O–H groups in total. The first kappa shape index (κ1) is 18.8. The number of benzene rings is 2. The number of hydrogen-bond donors (Lipinski definition) is 1. The van der Waals surface area contributed by atoms with E-state index in [1.165, 1.54) is 18.2 Å². The number of ketones is 1. The second-order valence-corrected chi connectivity index (χ2v) is 6.10. The van der Waals surface area contributed by atoms with Crippen LogP contribution in [0.25, 0.3) is 0 Å². The smallest absolute Gasteiger partial charge is 0.220 e. The molecule has 0 aromatic heterocycles. The molecule has 0 saturated heterocycles. The maximum Gasteiger partial charge on any atom is 0.220 e. The lowest BCUT2D eigenvalue weighted by Crippen LogP contribution is -2.34. The second-order valence-electron chi connectivity index (χ2n) is 6.10. The van der Waals surface area contributed by atoms with E-state index in [0.29, 0.717) is 6.54 Å². The Kier molecular flexibility index (Phi) is 6.83. The number of amides is 1. The summed E-state index contributed by atoms with van der Waals surface area (Å²) in [6.07, 6.45) is 0.0346. The molecule has 0 radical (unpaired) electrons. The first-order valence-corrected chi connectivity index (χ1v) is 8.25. The fourth-order valence-corrected chi connectivity index (χ4v) is 2.62. The molecule has 0 aliphatic rings. The largest absolute Gasteiger partial charge is 0.354 e. The lowest BCUT2D eigenvalue weighted by Gasteiger charge is -2.25. The molecule has 1 amide bonds. The van der Waals surface area contributed by atoms with Gasteiger partial charge < -0.3 is 10.2 Å². The Balaban J connectivity index is 1.85. The second kappa shape index (κ2) is 9.08. The van der Waals surface area contributed by atoms with E-state index < -0.39 is 5.82 Å². The minimum atomic E-state index is -0.551. The van der Waals surface area contributed by atoms with Crippen molar-refractivity contribution in [2.24, 2.45) is 0 Å². The minimum Gasteiger partial charge on any atom is -0.354 e. The van der Waals surface area contributed by atoms with Gasteiger partial charge in [0.1, 0.15) is 5.82 Å². The summed E-state index contributed by atoms with van der Waals surface area (Å²) >= 11 is 0. The van der Waals surface area contributed by atoms with Crippen LogP contribution in [0.5, 0.6) is 0 Å². The van der Waals surface area contributed by atoms with Gasteiger partial charge in [-0.1, -0.05) is 42.5 Å². The molecule has 0 aliphatic heterocycles. The van der Waals surface area contributed by atoms with E-state index in [0.717, 1.165) is 5.56 Å².